The van der Waals surface area contributed by atoms with Gasteiger partial charge in [0.2, 0.25) is 0 Å². The number of rotatable bonds is 5. The summed E-state index contributed by atoms with van der Waals surface area (Å²) < 4.78 is -0.452. The summed E-state index contributed by atoms with van der Waals surface area (Å²) in [5, 5.41) is 8.52. The lowest BCUT2D eigenvalue weighted by Gasteiger charge is -2.21. The smallest absolute Gasteiger partial charge is 0.320 e. The van der Waals surface area contributed by atoms with Crippen molar-refractivity contribution in [2.45, 2.75) is 22.1 Å². The molecule has 72 valence electrons. The Morgan fingerprint density at radius 1 is 1.58 bits per heavy atom. The molecule has 0 radical (unpaired) electrons. The molecule has 0 aliphatic carbocycles. The topological polar surface area (TPSA) is 89.3 Å². The third kappa shape index (κ3) is 5.08. The molecule has 0 unspecified atom stereocenters. The van der Waals surface area contributed by atoms with Crippen LogP contribution in [0.25, 0.3) is 0 Å². The third-order valence-corrected chi connectivity index (χ3v) is 2.79. The molecule has 0 heterocycles. The summed E-state index contributed by atoms with van der Waals surface area (Å²) in [6.45, 7) is 0.475. The van der Waals surface area contributed by atoms with E-state index in [1.807, 2.05) is 0 Å². The van der Waals surface area contributed by atoms with Gasteiger partial charge in [-0.2, -0.15) is 0 Å². The van der Waals surface area contributed by atoms with Gasteiger partial charge in [0.05, 0.1) is 3.23 Å². The summed E-state index contributed by atoms with van der Waals surface area (Å²) >= 11 is 6.61. The van der Waals surface area contributed by atoms with Crippen LogP contribution < -0.4 is 11.5 Å². The maximum absolute atomic E-state index is 10.4. The maximum Gasteiger partial charge on any atom is 0.320 e. The molecule has 0 aromatic rings. The van der Waals surface area contributed by atoms with E-state index in [-0.39, 0.29) is 0 Å². The fraction of sp³-hybridized carbons (Fsp3) is 0.833. The van der Waals surface area contributed by atoms with Gasteiger partial charge in [0, 0.05) is 0 Å². The Hall–Kier alpha value is 0.350. The number of hydrogen-bond donors (Lipinski definition) is 3. The number of hydrogen-bond acceptors (Lipinski definition) is 3. The van der Waals surface area contributed by atoms with Crippen LogP contribution in [0.1, 0.15) is 12.8 Å². The van der Waals surface area contributed by atoms with Gasteiger partial charge in [0.1, 0.15) is 6.04 Å². The van der Waals surface area contributed by atoms with E-state index >= 15 is 0 Å². The van der Waals surface area contributed by atoms with Gasteiger partial charge < -0.3 is 16.6 Å². The number of halogens is 2. The Morgan fingerprint density at radius 2 is 2.08 bits per heavy atom. The zero-order chi connectivity index (χ0) is 9.78. The lowest BCUT2D eigenvalue weighted by atomic mass is 10.1. The Bertz CT molecular complexity index is 164. The third-order valence-electron chi connectivity index (χ3n) is 1.35. The predicted octanol–water partition coefficient (Wildman–Crippen LogP) is 0.623. The lowest BCUT2D eigenvalue weighted by Crippen LogP contribution is -2.36. The highest BCUT2D eigenvalue weighted by molar-refractivity contribution is 9.25. The maximum atomic E-state index is 10.4. The van der Waals surface area contributed by atoms with Crippen molar-refractivity contribution < 1.29 is 9.90 Å². The molecule has 0 aliphatic rings. The van der Waals surface area contributed by atoms with Crippen molar-refractivity contribution in [2.75, 3.05) is 6.54 Å². The van der Waals surface area contributed by atoms with Crippen molar-refractivity contribution in [3.8, 4) is 0 Å². The first kappa shape index (κ1) is 12.3. The molecule has 1 atom stereocenters. The standard InChI is InChI=1S/C6H12Br2N2O2/c7-6(8,1-2-9)3-4(10)5(11)12/h4H,1-3,9-10H2,(H,11,12)/t4-/m0/s1. The van der Waals surface area contributed by atoms with Gasteiger partial charge in [-0.15, -0.1) is 0 Å². The zero-order valence-corrected chi connectivity index (χ0v) is 9.64. The lowest BCUT2D eigenvalue weighted by molar-refractivity contribution is -0.138. The minimum Gasteiger partial charge on any atom is -0.480 e. The van der Waals surface area contributed by atoms with Crippen molar-refractivity contribution in [1.82, 2.24) is 0 Å². The van der Waals surface area contributed by atoms with Crippen molar-refractivity contribution in [2.24, 2.45) is 11.5 Å². The average molecular weight is 304 g/mol. The Kier molecular flexibility index (Phi) is 5.31. The zero-order valence-electron chi connectivity index (χ0n) is 6.46. The molecule has 0 spiro atoms. The van der Waals surface area contributed by atoms with E-state index in [1.165, 1.54) is 0 Å². The van der Waals surface area contributed by atoms with Crippen LogP contribution in [0, 0.1) is 0 Å². The average Bonchev–Trinajstić information content (AvgIpc) is 1.85. The van der Waals surface area contributed by atoms with E-state index in [0.29, 0.717) is 19.4 Å². The number of aliphatic carboxylic acids is 1. The van der Waals surface area contributed by atoms with E-state index in [9.17, 15) is 4.79 Å². The van der Waals surface area contributed by atoms with Crippen LogP contribution in [0.3, 0.4) is 0 Å². The SMILES string of the molecule is NCCC(Br)(Br)C[C@H](N)C(=O)O. The number of carboxylic acid groups (broad SMARTS) is 1. The molecule has 0 aromatic heterocycles. The normalized spacial score (nSPS) is 14.3. The summed E-state index contributed by atoms with van der Waals surface area (Å²) in [4.78, 5) is 10.4. The molecule has 5 N–H and O–H groups in total. The van der Waals surface area contributed by atoms with Gasteiger partial charge in [0.25, 0.3) is 0 Å². The molecular formula is C6H12Br2N2O2. The number of nitrogens with two attached hydrogens (primary N) is 2. The van der Waals surface area contributed by atoms with Crippen LogP contribution in [-0.2, 0) is 4.79 Å². The Labute approximate surface area is 87.9 Å². The van der Waals surface area contributed by atoms with Gasteiger partial charge in [-0.05, 0) is 19.4 Å². The van der Waals surface area contributed by atoms with Crippen molar-refractivity contribution in [3.05, 3.63) is 0 Å². The van der Waals surface area contributed by atoms with E-state index < -0.39 is 15.2 Å². The number of carbonyl (C=O) groups is 1. The number of alkyl halides is 2. The van der Waals surface area contributed by atoms with Gasteiger partial charge in [-0.25, -0.2) is 0 Å². The van der Waals surface area contributed by atoms with Gasteiger partial charge in [-0.1, -0.05) is 31.9 Å². The van der Waals surface area contributed by atoms with E-state index in [4.69, 9.17) is 16.6 Å². The fourth-order valence-corrected chi connectivity index (χ4v) is 1.88. The van der Waals surface area contributed by atoms with Crippen molar-refractivity contribution in [1.29, 1.82) is 0 Å². The highest BCUT2D eigenvalue weighted by atomic mass is 79.9. The summed E-state index contributed by atoms with van der Waals surface area (Å²) in [7, 11) is 0. The first-order valence-electron chi connectivity index (χ1n) is 3.45. The molecule has 0 aliphatic heterocycles. The predicted molar refractivity (Wildman–Crippen MR) is 54.5 cm³/mol. The number of carboxylic acids is 1. The molecule has 4 nitrogen and oxygen atoms in total. The largest absolute Gasteiger partial charge is 0.480 e. The van der Waals surface area contributed by atoms with E-state index in [0.717, 1.165) is 0 Å². The van der Waals surface area contributed by atoms with Crippen LogP contribution in [0.5, 0.6) is 0 Å². The molecule has 0 saturated heterocycles. The first-order chi connectivity index (χ1) is 5.39. The van der Waals surface area contributed by atoms with E-state index in [2.05, 4.69) is 31.9 Å². The summed E-state index contributed by atoms with van der Waals surface area (Å²) in [5.41, 5.74) is 10.7. The molecule has 0 saturated carbocycles. The molecule has 0 aromatic carbocycles. The van der Waals surface area contributed by atoms with Crippen LogP contribution >= 0.6 is 31.9 Å². The highest BCUT2D eigenvalue weighted by Gasteiger charge is 2.27. The van der Waals surface area contributed by atoms with Gasteiger partial charge in [0.15, 0.2) is 0 Å². The second-order valence-electron chi connectivity index (χ2n) is 2.54. The molecule has 0 fully saturated rings. The van der Waals surface area contributed by atoms with Crippen LogP contribution in [0.2, 0.25) is 0 Å². The molecule has 0 bridgehead atoms. The monoisotopic (exact) mass is 302 g/mol. The summed E-state index contributed by atoms with van der Waals surface area (Å²) in [6, 6.07) is -0.865. The Balaban J connectivity index is 3.95. The minimum atomic E-state index is -1.00. The first-order valence-corrected chi connectivity index (χ1v) is 5.04. The highest BCUT2D eigenvalue weighted by Crippen LogP contribution is 2.34. The quantitative estimate of drug-likeness (QED) is 0.650. The second-order valence-corrected chi connectivity index (χ2v) is 6.64. The van der Waals surface area contributed by atoms with Gasteiger partial charge in [-0.3, -0.25) is 4.79 Å². The van der Waals surface area contributed by atoms with Gasteiger partial charge >= 0.3 is 5.97 Å². The fourth-order valence-electron chi connectivity index (χ4n) is 0.722. The minimum absolute atomic E-state index is 0.305. The van der Waals surface area contributed by atoms with E-state index in [1.54, 1.807) is 0 Å². The molecule has 12 heavy (non-hydrogen) atoms. The Morgan fingerprint density at radius 3 is 2.42 bits per heavy atom. The summed E-state index contributed by atoms with van der Waals surface area (Å²) in [6.07, 6.45) is 0.938. The second kappa shape index (κ2) is 5.16. The van der Waals surface area contributed by atoms with Crippen molar-refractivity contribution >= 4 is 37.8 Å². The van der Waals surface area contributed by atoms with Crippen LogP contribution in [0.15, 0.2) is 0 Å². The molecule has 0 rings (SSSR count). The molecular weight excluding hydrogens is 292 g/mol. The van der Waals surface area contributed by atoms with Crippen LogP contribution in [-0.4, -0.2) is 26.9 Å². The summed E-state index contributed by atoms with van der Waals surface area (Å²) in [5.74, 6) is -1.00. The molecule has 6 heteroatoms. The van der Waals surface area contributed by atoms with Crippen molar-refractivity contribution in [3.63, 3.8) is 0 Å². The van der Waals surface area contributed by atoms with Crippen LogP contribution in [0.4, 0.5) is 0 Å². The molecule has 0 amide bonds.